The fraction of sp³-hybridized carbons (Fsp3) is 0.312. The number of hydrogen-bond acceptors (Lipinski definition) is 6. The van der Waals surface area contributed by atoms with Crippen LogP contribution in [0.25, 0.3) is 11.0 Å². The molecule has 3 aromatic rings. The largest absolute Gasteiger partial charge is 0.368 e. The van der Waals surface area contributed by atoms with E-state index >= 15 is 0 Å². The normalized spacial score (nSPS) is 15.2. The summed E-state index contributed by atoms with van der Waals surface area (Å²) in [6, 6.07) is 6.67. The summed E-state index contributed by atoms with van der Waals surface area (Å²) < 4.78 is 13.1. The number of nitrogens with one attached hydrogen (secondary N) is 1. The minimum Gasteiger partial charge on any atom is -0.368 e. The van der Waals surface area contributed by atoms with E-state index in [4.69, 9.17) is 0 Å². The van der Waals surface area contributed by atoms with Gasteiger partial charge in [-0.2, -0.15) is 5.10 Å². The van der Waals surface area contributed by atoms with Crippen LogP contribution in [0.4, 0.5) is 15.9 Å². The molecular formula is C16H17FN6S. The van der Waals surface area contributed by atoms with Gasteiger partial charge in [0.1, 0.15) is 23.0 Å². The van der Waals surface area contributed by atoms with E-state index in [1.807, 2.05) is 18.4 Å². The molecule has 1 aliphatic heterocycles. The standard InChI is InChI=1S/C16H17FN6S/c1-24-16-13-14(20-21-16)18-10-19-15(13)23-8-6-22(7-9-23)12-4-2-11(17)3-5-12/h2-5,10H,6-9H2,1H3,(H,18,19,20,21). The van der Waals surface area contributed by atoms with Crippen molar-refractivity contribution in [3.63, 3.8) is 0 Å². The van der Waals surface area contributed by atoms with Crippen molar-refractivity contribution in [2.24, 2.45) is 0 Å². The molecule has 0 amide bonds. The molecule has 24 heavy (non-hydrogen) atoms. The van der Waals surface area contributed by atoms with Crippen LogP contribution in [0, 0.1) is 5.82 Å². The van der Waals surface area contributed by atoms with Gasteiger partial charge in [-0.25, -0.2) is 14.4 Å². The van der Waals surface area contributed by atoms with E-state index in [9.17, 15) is 4.39 Å². The molecule has 1 fully saturated rings. The topological polar surface area (TPSA) is 60.9 Å². The van der Waals surface area contributed by atoms with Gasteiger partial charge < -0.3 is 9.80 Å². The number of fused-ring (bicyclic) bond motifs is 1. The van der Waals surface area contributed by atoms with Gasteiger partial charge in [0, 0.05) is 31.9 Å². The number of benzene rings is 1. The van der Waals surface area contributed by atoms with Crippen LogP contribution in [0.3, 0.4) is 0 Å². The lowest BCUT2D eigenvalue weighted by Gasteiger charge is -2.36. The highest BCUT2D eigenvalue weighted by Crippen LogP contribution is 2.30. The maximum absolute atomic E-state index is 13.1. The summed E-state index contributed by atoms with van der Waals surface area (Å²) in [6.07, 6.45) is 3.57. The van der Waals surface area contributed by atoms with Crippen LogP contribution in [0.2, 0.25) is 0 Å². The molecule has 8 heteroatoms. The zero-order valence-corrected chi connectivity index (χ0v) is 14.1. The Kier molecular flexibility index (Phi) is 3.97. The lowest BCUT2D eigenvalue weighted by Crippen LogP contribution is -2.46. The Labute approximate surface area is 143 Å². The van der Waals surface area contributed by atoms with Crippen molar-refractivity contribution in [3.8, 4) is 0 Å². The lowest BCUT2D eigenvalue weighted by molar-refractivity contribution is 0.624. The van der Waals surface area contributed by atoms with Crippen LogP contribution in [-0.2, 0) is 0 Å². The van der Waals surface area contributed by atoms with Crippen LogP contribution in [0.1, 0.15) is 0 Å². The Morgan fingerprint density at radius 3 is 2.46 bits per heavy atom. The number of piperazine rings is 1. The molecule has 0 saturated carbocycles. The molecule has 1 N–H and O–H groups in total. The molecular weight excluding hydrogens is 327 g/mol. The average Bonchev–Trinajstić information content (AvgIpc) is 3.06. The van der Waals surface area contributed by atoms with E-state index in [1.165, 1.54) is 12.1 Å². The predicted octanol–water partition coefficient (Wildman–Crippen LogP) is 2.54. The van der Waals surface area contributed by atoms with Crippen LogP contribution in [0.15, 0.2) is 35.6 Å². The van der Waals surface area contributed by atoms with Gasteiger partial charge in [-0.3, -0.25) is 5.10 Å². The second-order valence-electron chi connectivity index (χ2n) is 5.60. The van der Waals surface area contributed by atoms with Gasteiger partial charge in [0.2, 0.25) is 0 Å². The van der Waals surface area contributed by atoms with E-state index in [1.54, 1.807) is 18.1 Å². The number of aromatic amines is 1. The van der Waals surface area contributed by atoms with Gasteiger partial charge in [-0.1, -0.05) is 0 Å². The van der Waals surface area contributed by atoms with Crippen LogP contribution in [0.5, 0.6) is 0 Å². The molecule has 4 rings (SSSR count). The van der Waals surface area contributed by atoms with Gasteiger partial charge in [0.25, 0.3) is 0 Å². The van der Waals surface area contributed by atoms with Crippen molar-refractivity contribution in [1.82, 2.24) is 20.2 Å². The number of thioether (sulfide) groups is 1. The smallest absolute Gasteiger partial charge is 0.161 e. The summed E-state index contributed by atoms with van der Waals surface area (Å²) in [7, 11) is 0. The first kappa shape index (κ1) is 15.2. The number of H-pyrrole nitrogens is 1. The second-order valence-corrected chi connectivity index (χ2v) is 6.40. The molecule has 0 atom stereocenters. The molecule has 0 radical (unpaired) electrons. The minimum absolute atomic E-state index is 0.203. The third-order valence-electron chi connectivity index (χ3n) is 4.27. The molecule has 0 aliphatic carbocycles. The Hall–Kier alpha value is -2.35. The number of rotatable bonds is 3. The number of aromatic nitrogens is 4. The van der Waals surface area contributed by atoms with Crippen molar-refractivity contribution < 1.29 is 4.39 Å². The fourth-order valence-corrected chi connectivity index (χ4v) is 3.56. The van der Waals surface area contributed by atoms with Crippen molar-refractivity contribution in [3.05, 3.63) is 36.4 Å². The Balaban J connectivity index is 1.56. The average molecular weight is 344 g/mol. The third-order valence-corrected chi connectivity index (χ3v) is 4.95. The van der Waals surface area contributed by atoms with Crippen LogP contribution >= 0.6 is 11.8 Å². The molecule has 6 nitrogen and oxygen atoms in total. The van der Waals surface area contributed by atoms with E-state index in [0.717, 1.165) is 53.7 Å². The highest BCUT2D eigenvalue weighted by molar-refractivity contribution is 7.98. The quantitative estimate of drug-likeness (QED) is 0.737. The molecule has 3 heterocycles. The Morgan fingerprint density at radius 2 is 1.75 bits per heavy atom. The Morgan fingerprint density at radius 1 is 1.04 bits per heavy atom. The SMILES string of the molecule is CSc1n[nH]c2ncnc(N3CCN(c4ccc(F)cc4)CC3)c12. The predicted molar refractivity (Wildman–Crippen MR) is 94.3 cm³/mol. The van der Waals surface area contributed by atoms with Crippen molar-refractivity contribution in [2.45, 2.75) is 5.03 Å². The minimum atomic E-state index is -0.203. The number of anilines is 2. The van der Waals surface area contributed by atoms with Crippen molar-refractivity contribution in [2.75, 3.05) is 42.2 Å². The van der Waals surface area contributed by atoms with Gasteiger partial charge in [-0.05, 0) is 30.5 Å². The fourth-order valence-electron chi connectivity index (χ4n) is 3.03. The molecule has 0 bridgehead atoms. The van der Waals surface area contributed by atoms with Gasteiger partial charge in [0.15, 0.2) is 5.65 Å². The van der Waals surface area contributed by atoms with E-state index in [0.29, 0.717) is 0 Å². The Bertz CT molecular complexity index is 841. The summed E-state index contributed by atoms with van der Waals surface area (Å²) in [4.78, 5) is 13.3. The highest BCUT2D eigenvalue weighted by Gasteiger charge is 2.22. The monoisotopic (exact) mass is 344 g/mol. The number of halogens is 1. The maximum Gasteiger partial charge on any atom is 0.161 e. The lowest BCUT2D eigenvalue weighted by atomic mass is 10.2. The van der Waals surface area contributed by atoms with Crippen molar-refractivity contribution >= 4 is 34.3 Å². The molecule has 0 spiro atoms. The molecule has 1 saturated heterocycles. The van der Waals surface area contributed by atoms with Gasteiger partial charge in [-0.15, -0.1) is 11.8 Å². The number of hydrogen-bond donors (Lipinski definition) is 1. The van der Waals surface area contributed by atoms with Gasteiger partial charge in [0.05, 0.1) is 5.39 Å². The summed E-state index contributed by atoms with van der Waals surface area (Å²) in [5, 5.41) is 9.17. The zero-order valence-electron chi connectivity index (χ0n) is 13.2. The first-order valence-electron chi connectivity index (χ1n) is 7.75. The van der Waals surface area contributed by atoms with Crippen molar-refractivity contribution in [1.29, 1.82) is 0 Å². The zero-order chi connectivity index (χ0) is 16.5. The molecule has 1 aliphatic rings. The summed E-state index contributed by atoms with van der Waals surface area (Å²) in [5.74, 6) is 0.724. The third kappa shape index (κ3) is 2.66. The van der Waals surface area contributed by atoms with Crippen LogP contribution < -0.4 is 9.80 Å². The first-order valence-corrected chi connectivity index (χ1v) is 8.97. The first-order chi connectivity index (χ1) is 11.8. The summed E-state index contributed by atoms with van der Waals surface area (Å²) >= 11 is 1.59. The molecule has 2 aromatic heterocycles. The van der Waals surface area contributed by atoms with Crippen LogP contribution in [-0.4, -0.2) is 52.6 Å². The summed E-state index contributed by atoms with van der Waals surface area (Å²) in [6.45, 7) is 3.43. The van der Waals surface area contributed by atoms with Gasteiger partial charge >= 0.3 is 0 Å². The number of nitrogens with zero attached hydrogens (tertiary/aromatic N) is 5. The molecule has 0 unspecified atom stereocenters. The van der Waals surface area contributed by atoms with E-state index < -0.39 is 0 Å². The molecule has 124 valence electrons. The van der Waals surface area contributed by atoms with E-state index in [-0.39, 0.29) is 5.82 Å². The summed E-state index contributed by atoms with van der Waals surface area (Å²) in [5.41, 5.74) is 1.82. The highest BCUT2D eigenvalue weighted by atomic mass is 32.2. The molecule has 1 aromatic carbocycles. The second kappa shape index (κ2) is 6.27. The van der Waals surface area contributed by atoms with E-state index in [2.05, 4.69) is 30.0 Å². The maximum atomic E-state index is 13.1.